The third-order valence-electron chi connectivity index (χ3n) is 3.51. The second-order valence-electron chi connectivity index (χ2n) is 4.98. The van der Waals surface area contributed by atoms with Gasteiger partial charge in [0, 0.05) is 23.8 Å². The predicted molar refractivity (Wildman–Crippen MR) is 88.8 cm³/mol. The fraction of sp³-hybridized carbons (Fsp3) is 0.0667. The Labute approximate surface area is 143 Å². The summed E-state index contributed by atoms with van der Waals surface area (Å²) in [6.07, 6.45) is 1.50. The van der Waals surface area contributed by atoms with Crippen LogP contribution in [0, 0.1) is 0 Å². The van der Waals surface area contributed by atoms with Crippen LogP contribution in [-0.4, -0.2) is 35.8 Å². The van der Waals surface area contributed by atoms with Gasteiger partial charge in [0.05, 0.1) is 4.90 Å². The van der Waals surface area contributed by atoms with E-state index in [-0.39, 0.29) is 26.9 Å². The molecule has 2 aromatic rings. The highest BCUT2D eigenvalue weighted by Crippen LogP contribution is 2.36. The van der Waals surface area contributed by atoms with E-state index in [4.69, 9.17) is 11.6 Å². The van der Waals surface area contributed by atoms with Crippen LogP contribution in [0.4, 0.5) is 5.82 Å². The summed E-state index contributed by atoms with van der Waals surface area (Å²) in [6.45, 7) is 0. The van der Waals surface area contributed by atoms with Gasteiger partial charge in [0.25, 0.3) is 15.9 Å². The molecule has 0 fully saturated rings. The van der Waals surface area contributed by atoms with Crippen LogP contribution in [0.2, 0.25) is 5.02 Å². The number of sulfonamides is 1. The average molecular weight is 366 g/mol. The number of aliphatic hydroxyl groups excluding tert-OH is 1. The maximum atomic E-state index is 12.6. The third-order valence-corrected chi connectivity index (χ3v) is 5.53. The minimum atomic E-state index is -3.99. The van der Waals surface area contributed by atoms with Gasteiger partial charge >= 0.3 is 0 Å². The van der Waals surface area contributed by atoms with Gasteiger partial charge in [0.1, 0.15) is 11.4 Å². The lowest BCUT2D eigenvalue weighted by Crippen LogP contribution is -2.34. The highest BCUT2D eigenvalue weighted by Gasteiger charge is 2.37. The van der Waals surface area contributed by atoms with Gasteiger partial charge in [-0.2, -0.15) is 0 Å². The molecular formula is C15H12ClN3O4S. The first-order chi connectivity index (χ1) is 11.3. The van der Waals surface area contributed by atoms with Gasteiger partial charge in [-0.25, -0.2) is 17.7 Å². The van der Waals surface area contributed by atoms with E-state index in [1.807, 2.05) is 0 Å². The van der Waals surface area contributed by atoms with Crippen molar-refractivity contribution >= 4 is 38.9 Å². The predicted octanol–water partition coefficient (Wildman–Crippen LogP) is 2.23. The first-order valence-electron chi connectivity index (χ1n) is 6.77. The van der Waals surface area contributed by atoms with Gasteiger partial charge in [-0.05, 0) is 24.3 Å². The highest BCUT2D eigenvalue weighted by atomic mass is 35.5. The summed E-state index contributed by atoms with van der Waals surface area (Å²) in [5.41, 5.74) is -0.104. The number of carbonyl (C=O) groups is 1. The lowest BCUT2D eigenvalue weighted by molar-refractivity contribution is -0.111. The quantitative estimate of drug-likeness (QED) is 0.850. The molecule has 0 bridgehead atoms. The number of hydrogen-bond acceptors (Lipinski definition) is 5. The number of halogens is 1. The normalized spacial score (nSPS) is 15.8. The third kappa shape index (κ3) is 2.59. The molecule has 3 rings (SSSR count). The van der Waals surface area contributed by atoms with Gasteiger partial charge in [0.15, 0.2) is 0 Å². The molecule has 124 valence electrons. The summed E-state index contributed by atoms with van der Waals surface area (Å²) in [6, 6.07) is 9.01. The Morgan fingerprint density at radius 3 is 2.71 bits per heavy atom. The minimum Gasteiger partial charge on any atom is -0.493 e. The number of nitrogens with one attached hydrogen (secondary N) is 1. The highest BCUT2D eigenvalue weighted by molar-refractivity contribution is 7.89. The first kappa shape index (κ1) is 16.3. The number of hydrogen-bond donors (Lipinski definition) is 2. The molecule has 0 unspecified atom stereocenters. The molecule has 1 aromatic heterocycles. The Hall–Kier alpha value is -2.58. The average Bonchev–Trinajstić information content (AvgIpc) is 2.55. The van der Waals surface area contributed by atoms with Gasteiger partial charge in [-0.15, -0.1) is 0 Å². The number of anilines is 1. The number of amides is 1. The standard InChI is InChI=1S/C15H12ClN3O4S/c1-19-15(21)13(14(20)18-12-4-2-3-7-17-12)10-6-5-9(16)8-11(10)24(19,22)23/h2-8,21H,1H3,(H,17,18,20). The second kappa shape index (κ2) is 5.81. The number of nitrogens with zero attached hydrogens (tertiary/aromatic N) is 2. The van der Waals surface area contributed by atoms with Crippen molar-refractivity contribution in [3.8, 4) is 0 Å². The summed E-state index contributed by atoms with van der Waals surface area (Å²) < 4.78 is 25.5. The van der Waals surface area contributed by atoms with Crippen molar-refractivity contribution in [3.63, 3.8) is 0 Å². The van der Waals surface area contributed by atoms with Crippen molar-refractivity contribution in [1.29, 1.82) is 0 Å². The van der Waals surface area contributed by atoms with Crippen LogP contribution < -0.4 is 5.32 Å². The Balaban J connectivity index is 2.13. The fourth-order valence-corrected chi connectivity index (χ4v) is 3.87. The minimum absolute atomic E-state index is 0.0726. The molecule has 0 spiro atoms. The molecule has 1 aromatic carbocycles. The number of fused-ring (bicyclic) bond motifs is 1. The SMILES string of the molecule is CN1C(O)=C(C(=O)Nc2ccccn2)c2ccc(Cl)cc2S1(=O)=O. The fourth-order valence-electron chi connectivity index (χ4n) is 2.29. The molecule has 0 atom stereocenters. The molecule has 9 heteroatoms. The Bertz CT molecular complexity index is 958. The van der Waals surface area contributed by atoms with Crippen LogP contribution in [0.25, 0.3) is 5.57 Å². The van der Waals surface area contributed by atoms with Gasteiger partial charge in [0.2, 0.25) is 5.88 Å². The van der Waals surface area contributed by atoms with Crippen LogP contribution in [0.3, 0.4) is 0 Å². The molecular weight excluding hydrogens is 354 g/mol. The van der Waals surface area contributed by atoms with Crippen LogP contribution in [0.15, 0.2) is 53.4 Å². The zero-order valence-electron chi connectivity index (χ0n) is 12.4. The van der Waals surface area contributed by atoms with E-state index in [9.17, 15) is 18.3 Å². The smallest absolute Gasteiger partial charge is 0.267 e. The molecule has 1 aliphatic heterocycles. The molecule has 0 saturated heterocycles. The molecule has 24 heavy (non-hydrogen) atoms. The number of aliphatic hydroxyl groups is 1. The number of pyridine rings is 1. The van der Waals surface area contributed by atoms with Crippen LogP contribution in [0.5, 0.6) is 0 Å². The summed E-state index contributed by atoms with van der Waals surface area (Å²) in [7, 11) is -2.83. The topological polar surface area (TPSA) is 99.6 Å². The van der Waals surface area contributed by atoms with Gasteiger partial charge < -0.3 is 10.4 Å². The molecule has 0 saturated carbocycles. The van der Waals surface area contributed by atoms with Crippen molar-refractivity contribution in [1.82, 2.24) is 9.29 Å². The van der Waals surface area contributed by atoms with Crippen LogP contribution >= 0.6 is 11.6 Å². The molecule has 1 aliphatic rings. The van der Waals surface area contributed by atoms with Crippen molar-refractivity contribution in [2.45, 2.75) is 4.90 Å². The molecule has 7 nitrogen and oxygen atoms in total. The van der Waals surface area contributed by atoms with Gasteiger partial charge in [-0.1, -0.05) is 23.7 Å². The zero-order valence-corrected chi connectivity index (χ0v) is 14.0. The molecule has 2 N–H and O–H groups in total. The van der Waals surface area contributed by atoms with E-state index >= 15 is 0 Å². The maximum absolute atomic E-state index is 12.6. The Morgan fingerprint density at radius 1 is 1.29 bits per heavy atom. The Kier molecular flexibility index (Phi) is 3.94. The summed E-state index contributed by atoms with van der Waals surface area (Å²) in [5, 5.41) is 13.0. The van der Waals surface area contributed by atoms with Crippen molar-refractivity contribution in [2.75, 3.05) is 12.4 Å². The molecule has 0 radical (unpaired) electrons. The van der Waals surface area contributed by atoms with E-state index in [0.29, 0.717) is 4.31 Å². The van der Waals surface area contributed by atoms with Crippen molar-refractivity contribution in [2.24, 2.45) is 0 Å². The van der Waals surface area contributed by atoms with Crippen molar-refractivity contribution in [3.05, 3.63) is 59.1 Å². The zero-order chi connectivity index (χ0) is 17.5. The van der Waals surface area contributed by atoms with Crippen LogP contribution in [0.1, 0.15) is 5.56 Å². The Morgan fingerprint density at radius 2 is 2.04 bits per heavy atom. The lowest BCUT2D eigenvalue weighted by atomic mass is 10.1. The van der Waals surface area contributed by atoms with E-state index in [1.165, 1.54) is 24.4 Å². The number of rotatable bonds is 2. The molecule has 2 heterocycles. The number of benzene rings is 1. The van der Waals surface area contributed by atoms with Crippen molar-refractivity contribution < 1.29 is 18.3 Å². The van der Waals surface area contributed by atoms with E-state index in [2.05, 4.69) is 10.3 Å². The summed E-state index contributed by atoms with van der Waals surface area (Å²) in [5.74, 6) is -1.08. The van der Waals surface area contributed by atoms with E-state index in [1.54, 1.807) is 18.2 Å². The number of aromatic nitrogens is 1. The first-order valence-corrected chi connectivity index (χ1v) is 8.58. The second-order valence-corrected chi connectivity index (χ2v) is 7.35. The van der Waals surface area contributed by atoms with E-state index < -0.39 is 21.8 Å². The summed E-state index contributed by atoms with van der Waals surface area (Å²) >= 11 is 5.87. The maximum Gasteiger partial charge on any atom is 0.267 e. The van der Waals surface area contributed by atoms with Crippen LogP contribution in [-0.2, 0) is 14.8 Å². The number of carbonyl (C=O) groups excluding carboxylic acids is 1. The lowest BCUT2D eigenvalue weighted by Gasteiger charge is -2.27. The summed E-state index contributed by atoms with van der Waals surface area (Å²) in [4.78, 5) is 16.4. The molecule has 0 aliphatic carbocycles. The monoisotopic (exact) mass is 365 g/mol. The largest absolute Gasteiger partial charge is 0.493 e. The van der Waals surface area contributed by atoms with E-state index in [0.717, 1.165) is 7.05 Å². The van der Waals surface area contributed by atoms with Gasteiger partial charge in [-0.3, -0.25) is 4.79 Å². The molecule has 1 amide bonds.